The van der Waals surface area contributed by atoms with Crippen molar-refractivity contribution in [2.75, 3.05) is 4.90 Å². The summed E-state index contributed by atoms with van der Waals surface area (Å²) in [6.07, 6.45) is 0. The Labute approximate surface area is 442 Å². The van der Waals surface area contributed by atoms with E-state index in [1.54, 1.807) is 0 Å². The van der Waals surface area contributed by atoms with Crippen LogP contribution in [0.25, 0.3) is 66.4 Å². The molecule has 0 saturated carbocycles. The van der Waals surface area contributed by atoms with Gasteiger partial charge in [0.2, 0.25) is 0 Å². The maximum Gasteiger partial charge on any atom is 0.137 e. The Kier molecular flexibility index (Phi) is 9.63. The van der Waals surface area contributed by atoms with Crippen LogP contribution in [0.5, 0.6) is 0 Å². The van der Waals surface area contributed by atoms with Crippen molar-refractivity contribution in [3.8, 4) is 44.5 Å². The van der Waals surface area contributed by atoms with Crippen molar-refractivity contribution in [3.05, 3.63) is 269 Å². The zero-order chi connectivity index (χ0) is 51.2. The first-order valence-electron chi connectivity index (χ1n) is 26.8. The molecule has 0 radical (unpaired) electrons. The van der Waals surface area contributed by atoms with E-state index < -0.39 is 5.41 Å². The van der Waals surface area contributed by atoms with E-state index in [0.717, 1.165) is 39.0 Å². The molecule has 1 aromatic heterocycles. The number of anilines is 3. The largest absolute Gasteiger partial charge is 0.456 e. The molecule has 2 nitrogen and oxygen atoms in total. The van der Waals surface area contributed by atoms with Gasteiger partial charge in [-0.25, -0.2) is 0 Å². The average Bonchev–Trinajstić information content (AvgIpc) is 4.20. The summed E-state index contributed by atoms with van der Waals surface area (Å²) < 4.78 is 6.73. The number of rotatable bonds is 7. The van der Waals surface area contributed by atoms with Crippen molar-refractivity contribution in [2.24, 2.45) is 5.41 Å². The van der Waals surface area contributed by atoms with Gasteiger partial charge in [-0.2, -0.15) is 0 Å². The molecule has 11 aromatic rings. The number of hydrogen-bond donors (Lipinski definition) is 0. The summed E-state index contributed by atoms with van der Waals surface area (Å²) in [6, 6.07) is 84.4. The lowest BCUT2D eigenvalue weighted by Crippen LogP contribution is -2.42. The molecule has 1 heterocycles. The normalized spacial score (nSPS) is 16.5. The summed E-state index contributed by atoms with van der Waals surface area (Å²) in [5, 5.41) is 2.22. The number of benzene rings is 10. The second-order valence-corrected chi connectivity index (χ2v) is 23.7. The predicted octanol–water partition coefficient (Wildman–Crippen LogP) is 19.7. The van der Waals surface area contributed by atoms with Gasteiger partial charge in [0, 0.05) is 39.2 Å². The molecule has 0 spiro atoms. The highest BCUT2D eigenvalue weighted by Crippen LogP contribution is 2.63. The Morgan fingerprint density at radius 3 is 1.59 bits per heavy atom. The second-order valence-electron chi connectivity index (χ2n) is 23.7. The SMILES string of the molecule is CC1(C)c2ccccc2-c2ccc(-c3ccc(N(c4ccc5c(c4)oc4ccccc45)c4cc5c(cc4-c4ccc6c(c4)C(C)(C)C(C)(C)C6(C)C)-c4ccccc4C5(c4ccccc4)c4ccccc4)cc3)cc21. The fourth-order valence-electron chi connectivity index (χ4n) is 14.1. The van der Waals surface area contributed by atoms with Gasteiger partial charge in [-0.3, -0.25) is 0 Å². The average molecular weight is 968 g/mol. The maximum absolute atomic E-state index is 6.73. The molecule has 0 bridgehead atoms. The first-order valence-corrected chi connectivity index (χ1v) is 26.8. The zero-order valence-corrected chi connectivity index (χ0v) is 44.2. The van der Waals surface area contributed by atoms with Crippen molar-refractivity contribution >= 4 is 39.0 Å². The van der Waals surface area contributed by atoms with Gasteiger partial charge in [0.05, 0.1) is 11.1 Å². The number of fused-ring (bicyclic) bond motifs is 10. The van der Waals surface area contributed by atoms with Gasteiger partial charge in [0.1, 0.15) is 11.2 Å². The monoisotopic (exact) mass is 967 g/mol. The minimum atomic E-state index is -0.602. The minimum absolute atomic E-state index is 0.0139. The Morgan fingerprint density at radius 2 is 0.867 bits per heavy atom. The van der Waals surface area contributed by atoms with Crippen molar-refractivity contribution < 1.29 is 4.42 Å². The van der Waals surface area contributed by atoms with Crippen molar-refractivity contribution in [1.29, 1.82) is 0 Å². The molecule has 364 valence electrons. The molecule has 0 N–H and O–H groups in total. The molecule has 2 heteroatoms. The first-order chi connectivity index (χ1) is 36.2. The fourth-order valence-corrected chi connectivity index (χ4v) is 14.1. The van der Waals surface area contributed by atoms with Crippen LogP contribution in [0.3, 0.4) is 0 Å². The third-order valence-corrected chi connectivity index (χ3v) is 19.3. The lowest BCUT2D eigenvalue weighted by molar-refractivity contribution is 0.125. The number of hydrogen-bond acceptors (Lipinski definition) is 2. The highest BCUT2D eigenvalue weighted by molar-refractivity contribution is 6.07. The second kappa shape index (κ2) is 15.9. The Bertz CT molecular complexity index is 4070. The van der Waals surface area contributed by atoms with Crippen LogP contribution in [0.4, 0.5) is 17.1 Å². The van der Waals surface area contributed by atoms with E-state index in [4.69, 9.17) is 4.42 Å². The van der Waals surface area contributed by atoms with E-state index >= 15 is 0 Å². The van der Waals surface area contributed by atoms with Crippen molar-refractivity contribution in [2.45, 2.75) is 77.0 Å². The van der Waals surface area contributed by atoms with E-state index in [1.165, 1.54) is 89.0 Å². The van der Waals surface area contributed by atoms with Crippen molar-refractivity contribution in [1.82, 2.24) is 0 Å². The number of nitrogens with zero attached hydrogens (tertiary/aromatic N) is 1. The number of furan rings is 1. The van der Waals surface area contributed by atoms with Crippen molar-refractivity contribution in [3.63, 3.8) is 0 Å². The minimum Gasteiger partial charge on any atom is -0.456 e. The Balaban J connectivity index is 1.05. The van der Waals surface area contributed by atoms with Crippen LogP contribution in [-0.2, 0) is 21.7 Å². The van der Waals surface area contributed by atoms with Crippen LogP contribution in [0, 0.1) is 5.41 Å². The topological polar surface area (TPSA) is 16.4 Å². The molecule has 0 saturated heterocycles. The highest BCUT2D eigenvalue weighted by atomic mass is 16.3. The van der Waals surface area contributed by atoms with E-state index in [9.17, 15) is 0 Å². The Hall–Kier alpha value is -8.20. The van der Waals surface area contributed by atoms with Gasteiger partial charge in [-0.15, -0.1) is 0 Å². The van der Waals surface area contributed by atoms with Gasteiger partial charge in [-0.1, -0.05) is 225 Å². The molecular formula is C73H61NO. The predicted molar refractivity (Wildman–Crippen MR) is 314 cm³/mol. The van der Waals surface area contributed by atoms with Crippen LogP contribution in [0.1, 0.15) is 99.9 Å². The Morgan fingerprint density at radius 1 is 0.320 bits per heavy atom. The van der Waals surface area contributed by atoms with Gasteiger partial charge in [0.25, 0.3) is 0 Å². The molecule has 0 fully saturated rings. The molecular weight excluding hydrogens is 907 g/mol. The molecule has 0 atom stereocenters. The van der Waals surface area contributed by atoms with E-state index in [1.807, 2.05) is 0 Å². The summed E-state index contributed by atoms with van der Waals surface area (Å²) in [5.74, 6) is 0. The van der Waals surface area contributed by atoms with Gasteiger partial charge < -0.3 is 9.32 Å². The molecule has 14 rings (SSSR count). The van der Waals surface area contributed by atoms with Crippen LogP contribution in [-0.4, -0.2) is 0 Å². The molecule has 0 unspecified atom stereocenters. The van der Waals surface area contributed by atoms with E-state index in [0.29, 0.717) is 0 Å². The van der Waals surface area contributed by atoms with E-state index in [2.05, 4.69) is 285 Å². The highest BCUT2D eigenvalue weighted by Gasteiger charge is 2.57. The fraction of sp³-hybridized carbons (Fsp3) is 0.178. The van der Waals surface area contributed by atoms with Gasteiger partial charge in [0.15, 0.2) is 0 Å². The van der Waals surface area contributed by atoms with Crippen LogP contribution >= 0.6 is 0 Å². The maximum atomic E-state index is 6.73. The summed E-state index contributed by atoms with van der Waals surface area (Å²) in [7, 11) is 0. The van der Waals surface area contributed by atoms with Gasteiger partial charge >= 0.3 is 0 Å². The summed E-state index contributed by atoms with van der Waals surface area (Å²) in [5.41, 5.74) is 24.8. The summed E-state index contributed by atoms with van der Waals surface area (Å²) in [4.78, 5) is 2.50. The quantitative estimate of drug-likeness (QED) is 0.158. The molecule has 3 aliphatic carbocycles. The standard InChI is InChI=1S/C73H61NO/c1-69(2)60-28-18-15-25-53(60)55-38-33-47(41-63(55)69)46-31-35-51(36-32-46)74(52-37-39-57-56-27-17-20-30-67(56)75-68(57)43-52)66-45-64-59(44-58(66)48-34-40-62-65(42-48)71(5,6)72(7,8)70(62,3)4)54-26-16-19-29-61(54)73(64,49-21-11-9-12-22-49)50-23-13-10-14-24-50/h9-45H,1-8H3. The number of para-hydroxylation sites is 1. The smallest absolute Gasteiger partial charge is 0.137 e. The molecule has 3 aliphatic rings. The zero-order valence-electron chi connectivity index (χ0n) is 44.2. The molecule has 10 aromatic carbocycles. The lowest BCUT2D eigenvalue weighted by Gasteiger charge is -2.44. The molecule has 75 heavy (non-hydrogen) atoms. The van der Waals surface area contributed by atoms with Gasteiger partial charge in [-0.05, 0) is 148 Å². The van der Waals surface area contributed by atoms with Crippen LogP contribution in [0.15, 0.2) is 229 Å². The van der Waals surface area contributed by atoms with Crippen LogP contribution in [0.2, 0.25) is 0 Å². The molecule has 0 aliphatic heterocycles. The summed E-state index contributed by atoms with van der Waals surface area (Å²) >= 11 is 0. The van der Waals surface area contributed by atoms with E-state index in [-0.39, 0.29) is 21.7 Å². The molecule has 0 amide bonds. The van der Waals surface area contributed by atoms with Crippen LogP contribution < -0.4 is 4.90 Å². The summed E-state index contributed by atoms with van der Waals surface area (Å²) in [6.45, 7) is 19.4. The third kappa shape index (κ3) is 6.20. The lowest BCUT2D eigenvalue weighted by atomic mass is 9.59. The first kappa shape index (κ1) is 45.4. The third-order valence-electron chi connectivity index (χ3n) is 19.3.